The molecule has 3 N–H and O–H groups in total. The molecular weight excluding hydrogens is 318 g/mol. The molecule has 0 aliphatic heterocycles. The first-order valence-electron chi connectivity index (χ1n) is 6.86. The van der Waals surface area contributed by atoms with Crippen LogP contribution in [0.5, 0.6) is 0 Å². The SMILES string of the molecule is Cc1cc(S(=O)(=O)NC[C@H](N)c2ccccc2)ccc1[N+](=O)[O-]. The molecule has 0 bridgehead atoms. The first kappa shape index (κ1) is 17.1. The largest absolute Gasteiger partial charge is 0.323 e. The highest BCUT2D eigenvalue weighted by molar-refractivity contribution is 7.89. The Bertz CT molecular complexity index is 807. The third-order valence-corrected chi connectivity index (χ3v) is 4.82. The zero-order chi connectivity index (χ0) is 17.0. The van der Waals surface area contributed by atoms with Gasteiger partial charge in [0.15, 0.2) is 0 Å². The topological polar surface area (TPSA) is 115 Å². The molecule has 0 unspecified atom stereocenters. The highest BCUT2D eigenvalue weighted by Gasteiger charge is 2.19. The van der Waals surface area contributed by atoms with Crippen LogP contribution in [0.3, 0.4) is 0 Å². The zero-order valence-corrected chi connectivity index (χ0v) is 13.3. The fourth-order valence-corrected chi connectivity index (χ4v) is 3.25. The molecule has 8 heteroatoms. The number of nitro benzene ring substituents is 1. The Morgan fingerprint density at radius 3 is 2.43 bits per heavy atom. The molecule has 23 heavy (non-hydrogen) atoms. The lowest BCUT2D eigenvalue weighted by atomic mass is 10.1. The molecule has 0 fully saturated rings. The van der Waals surface area contributed by atoms with Crippen molar-refractivity contribution in [1.29, 1.82) is 0 Å². The number of sulfonamides is 1. The number of rotatable bonds is 6. The van der Waals surface area contributed by atoms with E-state index >= 15 is 0 Å². The van der Waals surface area contributed by atoms with Gasteiger partial charge in [-0.1, -0.05) is 30.3 Å². The molecule has 0 aliphatic rings. The van der Waals surface area contributed by atoms with Crippen molar-refractivity contribution in [1.82, 2.24) is 4.72 Å². The summed E-state index contributed by atoms with van der Waals surface area (Å²) in [5, 5.41) is 10.8. The predicted octanol–water partition coefficient (Wildman–Crippen LogP) is 1.88. The van der Waals surface area contributed by atoms with Gasteiger partial charge in [-0.3, -0.25) is 10.1 Å². The maximum atomic E-state index is 12.3. The number of nitrogens with one attached hydrogen (secondary N) is 1. The van der Waals surface area contributed by atoms with Gasteiger partial charge in [-0.05, 0) is 24.6 Å². The number of nitrogens with zero attached hydrogens (tertiary/aromatic N) is 1. The summed E-state index contributed by atoms with van der Waals surface area (Å²) < 4.78 is 27.0. The summed E-state index contributed by atoms with van der Waals surface area (Å²) in [4.78, 5) is 10.2. The third-order valence-electron chi connectivity index (χ3n) is 3.40. The van der Waals surface area contributed by atoms with Gasteiger partial charge in [-0.2, -0.15) is 0 Å². The van der Waals surface area contributed by atoms with Crippen molar-refractivity contribution >= 4 is 15.7 Å². The van der Waals surface area contributed by atoms with Gasteiger partial charge in [0, 0.05) is 24.2 Å². The number of nitrogens with two attached hydrogens (primary N) is 1. The molecule has 1 atom stereocenters. The van der Waals surface area contributed by atoms with Gasteiger partial charge in [0.25, 0.3) is 5.69 Å². The summed E-state index contributed by atoms with van der Waals surface area (Å²) in [5.74, 6) is 0. The van der Waals surface area contributed by atoms with Crippen LogP contribution in [-0.2, 0) is 10.0 Å². The van der Waals surface area contributed by atoms with Gasteiger partial charge in [-0.15, -0.1) is 0 Å². The van der Waals surface area contributed by atoms with Crippen LogP contribution in [0.15, 0.2) is 53.4 Å². The van der Waals surface area contributed by atoms with Gasteiger partial charge < -0.3 is 5.73 Å². The lowest BCUT2D eigenvalue weighted by Gasteiger charge is -2.13. The normalized spacial score (nSPS) is 12.8. The van der Waals surface area contributed by atoms with Crippen molar-refractivity contribution in [3.63, 3.8) is 0 Å². The lowest BCUT2D eigenvalue weighted by Crippen LogP contribution is -2.32. The molecular formula is C15H17N3O4S. The summed E-state index contributed by atoms with van der Waals surface area (Å²) in [6.45, 7) is 1.52. The molecule has 0 heterocycles. The Kier molecular flexibility index (Phi) is 5.09. The predicted molar refractivity (Wildman–Crippen MR) is 86.4 cm³/mol. The Morgan fingerprint density at radius 2 is 1.87 bits per heavy atom. The molecule has 0 amide bonds. The summed E-state index contributed by atoms with van der Waals surface area (Å²) in [5.41, 5.74) is 6.93. The van der Waals surface area contributed by atoms with Crippen LogP contribution in [0.4, 0.5) is 5.69 Å². The van der Waals surface area contributed by atoms with Crippen LogP contribution in [0.1, 0.15) is 17.2 Å². The highest BCUT2D eigenvalue weighted by atomic mass is 32.2. The highest BCUT2D eigenvalue weighted by Crippen LogP contribution is 2.21. The molecule has 2 aromatic rings. The third kappa shape index (κ3) is 4.13. The first-order valence-corrected chi connectivity index (χ1v) is 8.35. The maximum absolute atomic E-state index is 12.3. The quantitative estimate of drug-likeness (QED) is 0.618. The molecule has 0 aromatic heterocycles. The van der Waals surface area contributed by atoms with Crippen molar-refractivity contribution in [2.75, 3.05) is 6.54 Å². The van der Waals surface area contributed by atoms with Gasteiger partial charge in [0.2, 0.25) is 10.0 Å². The van der Waals surface area contributed by atoms with Crippen LogP contribution >= 0.6 is 0 Å². The average Bonchev–Trinajstić information content (AvgIpc) is 2.53. The summed E-state index contributed by atoms with van der Waals surface area (Å²) >= 11 is 0. The van der Waals surface area contributed by atoms with Gasteiger partial charge in [0.1, 0.15) is 0 Å². The van der Waals surface area contributed by atoms with Crippen LogP contribution < -0.4 is 10.5 Å². The molecule has 0 radical (unpaired) electrons. The molecule has 0 spiro atoms. The second kappa shape index (κ2) is 6.86. The minimum Gasteiger partial charge on any atom is -0.323 e. The van der Waals surface area contributed by atoms with Gasteiger partial charge >= 0.3 is 0 Å². The Balaban J connectivity index is 2.13. The first-order chi connectivity index (χ1) is 10.8. The van der Waals surface area contributed by atoms with E-state index in [1.807, 2.05) is 30.3 Å². The molecule has 2 rings (SSSR count). The van der Waals surface area contributed by atoms with Crippen molar-refractivity contribution < 1.29 is 13.3 Å². The van der Waals surface area contributed by atoms with Crippen LogP contribution in [0.2, 0.25) is 0 Å². The molecule has 0 aliphatic carbocycles. The van der Waals surface area contributed by atoms with E-state index < -0.39 is 21.0 Å². The Labute approximate surface area is 134 Å². The molecule has 0 saturated heterocycles. The number of nitro groups is 1. The minimum absolute atomic E-state index is 0.0270. The molecule has 2 aromatic carbocycles. The number of hydrogen-bond acceptors (Lipinski definition) is 5. The average molecular weight is 335 g/mol. The van der Waals surface area contributed by atoms with Crippen molar-refractivity contribution in [2.24, 2.45) is 5.73 Å². The summed E-state index contributed by atoms with van der Waals surface area (Å²) in [6, 6.07) is 12.3. The maximum Gasteiger partial charge on any atom is 0.272 e. The number of benzene rings is 2. The Morgan fingerprint density at radius 1 is 1.22 bits per heavy atom. The van der Waals surface area contributed by atoms with Crippen molar-refractivity contribution in [2.45, 2.75) is 17.9 Å². The van der Waals surface area contributed by atoms with E-state index in [0.717, 1.165) is 5.56 Å². The monoisotopic (exact) mass is 335 g/mol. The number of hydrogen-bond donors (Lipinski definition) is 2. The van der Waals surface area contributed by atoms with Crippen molar-refractivity contribution in [3.05, 3.63) is 69.8 Å². The van der Waals surface area contributed by atoms with E-state index in [0.29, 0.717) is 0 Å². The van der Waals surface area contributed by atoms with E-state index in [4.69, 9.17) is 5.73 Å². The summed E-state index contributed by atoms with van der Waals surface area (Å²) in [7, 11) is -3.78. The molecule has 122 valence electrons. The lowest BCUT2D eigenvalue weighted by molar-refractivity contribution is -0.385. The van der Waals surface area contributed by atoms with E-state index in [-0.39, 0.29) is 22.7 Å². The fraction of sp³-hybridized carbons (Fsp3) is 0.200. The van der Waals surface area contributed by atoms with Gasteiger partial charge in [0.05, 0.1) is 9.82 Å². The van der Waals surface area contributed by atoms with Crippen molar-refractivity contribution in [3.8, 4) is 0 Å². The molecule has 0 saturated carbocycles. The second-order valence-electron chi connectivity index (χ2n) is 5.07. The minimum atomic E-state index is -3.78. The molecule has 7 nitrogen and oxygen atoms in total. The van der Waals surface area contributed by atoms with Crippen LogP contribution in [0.25, 0.3) is 0 Å². The summed E-state index contributed by atoms with van der Waals surface area (Å²) in [6.07, 6.45) is 0. The number of aryl methyl sites for hydroxylation is 1. The standard InChI is InChI=1S/C15H17N3O4S/c1-11-9-13(7-8-15(11)18(19)20)23(21,22)17-10-14(16)12-5-3-2-4-6-12/h2-9,14,17H,10,16H2,1H3/t14-/m0/s1. The van der Waals surface area contributed by atoms with E-state index in [9.17, 15) is 18.5 Å². The van der Waals surface area contributed by atoms with Crippen LogP contribution in [-0.4, -0.2) is 19.9 Å². The van der Waals surface area contributed by atoms with Crippen LogP contribution in [0, 0.1) is 17.0 Å². The van der Waals surface area contributed by atoms with E-state index in [2.05, 4.69) is 4.72 Å². The van der Waals surface area contributed by atoms with E-state index in [1.165, 1.54) is 25.1 Å². The Hall–Kier alpha value is -2.29. The zero-order valence-electron chi connectivity index (χ0n) is 12.5. The second-order valence-corrected chi connectivity index (χ2v) is 6.84. The van der Waals surface area contributed by atoms with Gasteiger partial charge in [-0.25, -0.2) is 13.1 Å². The van der Waals surface area contributed by atoms with E-state index in [1.54, 1.807) is 0 Å². The fourth-order valence-electron chi connectivity index (χ4n) is 2.10. The smallest absolute Gasteiger partial charge is 0.272 e.